The zero-order chi connectivity index (χ0) is 26.2. The van der Waals surface area contributed by atoms with Crippen LogP contribution < -0.4 is 17.0 Å². The van der Waals surface area contributed by atoms with Crippen LogP contribution in [-0.4, -0.2) is 84.0 Å². The fourth-order valence-electron chi connectivity index (χ4n) is 4.00. The first-order chi connectivity index (χ1) is 17.0. The fourth-order valence-corrected chi connectivity index (χ4v) is 6.53. The fraction of sp³-hybridized carbons (Fsp3) is 0.579. The van der Waals surface area contributed by atoms with E-state index in [2.05, 4.69) is 21.5 Å². The predicted molar refractivity (Wildman–Crippen MR) is 129 cm³/mol. The molecule has 36 heavy (non-hydrogen) atoms. The lowest BCUT2D eigenvalue weighted by Gasteiger charge is -2.27. The first kappa shape index (κ1) is 26.8. The second kappa shape index (κ2) is 10.6. The lowest BCUT2D eigenvalue weighted by Crippen LogP contribution is -2.33. The molecule has 2 fully saturated rings. The SMILES string of the molecule is C=C1N=C(N)N=CN1[C@H]1C[C@@H](O)[C@@H](COP(=O)(O)O[C@@H]2C[C@H](n3cc(C)c(=O)[nH]c3=O)O[C@@H]2CO)S1. The van der Waals surface area contributed by atoms with Gasteiger partial charge in [0, 0.05) is 24.6 Å². The third kappa shape index (κ3) is 5.81. The Hall–Kier alpha value is -2.30. The summed E-state index contributed by atoms with van der Waals surface area (Å²) in [6.45, 7) is 4.46. The molecule has 4 heterocycles. The Labute approximate surface area is 208 Å². The average Bonchev–Trinajstić information content (AvgIpc) is 3.37. The number of thioether (sulfide) groups is 1. The number of aromatic amines is 1. The minimum absolute atomic E-state index is 0.0620. The molecule has 1 aromatic rings. The van der Waals surface area contributed by atoms with E-state index in [1.54, 1.807) is 4.90 Å². The molecule has 0 spiro atoms. The number of H-pyrrole nitrogens is 1. The molecule has 3 aliphatic rings. The van der Waals surface area contributed by atoms with E-state index in [9.17, 15) is 29.3 Å². The second-order valence-electron chi connectivity index (χ2n) is 8.40. The summed E-state index contributed by atoms with van der Waals surface area (Å²) in [6.07, 6.45) is -0.913. The maximum absolute atomic E-state index is 12.7. The third-order valence-corrected chi connectivity index (χ3v) is 8.40. The largest absolute Gasteiger partial charge is 0.472 e. The third-order valence-electron chi connectivity index (χ3n) is 5.86. The molecule has 17 heteroatoms. The molecule has 0 amide bonds. The van der Waals surface area contributed by atoms with E-state index in [0.717, 1.165) is 4.57 Å². The van der Waals surface area contributed by atoms with Crippen molar-refractivity contribution in [2.75, 3.05) is 13.2 Å². The van der Waals surface area contributed by atoms with Crippen LogP contribution in [0.3, 0.4) is 0 Å². The van der Waals surface area contributed by atoms with Crippen molar-refractivity contribution < 1.29 is 33.5 Å². The van der Waals surface area contributed by atoms with Gasteiger partial charge < -0.3 is 30.5 Å². The number of aliphatic imine (C=N–C) groups is 2. The van der Waals surface area contributed by atoms with Gasteiger partial charge >= 0.3 is 13.5 Å². The molecule has 198 valence electrons. The molecule has 2 saturated heterocycles. The summed E-state index contributed by atoms with van der Waals surface area (Å²) < 4.78 is 29.8. The summed E-state index contributed by atoms with van der Waals surface area (Å²) in [5.41, 5.74) is 4.54. The molecule has 4 rings (SSSR count). The number of phosphoric acid groups is 1. The highest BCUT2D eigenvalue weighted by molar-refractivity contribution is 8.00. The summed E-state index contributed by atoms with van der Waals surface area (Å²) in [4.78, 5) is 45.8. The van der Waals surface area contributed by atoms with E-state index >= 15 is 0 Å². The topological polar surface area (TPSA) is 214 Å². The first-order valence-electron chi connectivity index (χ1n) is 10.9. The molecular formula is C19H27N6O9PS. The number of aromatic nitrogens is 2. The van der Waals surface area contributed by atoms with Gasteiger partial charge in [-0.05, 0) is 6.92 Å². The zero-order valence-electron chi connectivity index (χ0n) is 19.2. The van der Waals surface area contributed by atoms with Gasteiger partial charge in [0.2, 0.25) is 5.96 Å². The highest BCUT2D eigenvalue weighted by atomic mass is 32.2. The minimum atomic E-state index is -4.65. The van der Waals surface area contributed by atoms with Gasteiger partial charge in [-0.1, -0.05) is 6.58 Å². The number of hydrogen-bond acceptors (Lipinski definition) is 13. The number of phosphoric ester groups is 1. The molecule has 0 bridgehead atoms. The van der Waals surface area contributed by atoms with Crippen LogP contribution in [0.25, 0.3) is 0 Å². The number of hydrogen-bond donors (Lipinski definition) is 5. The number of nitrogens with one attached hydrogen (secondary N) is 1. The lowest BCUT2D eigenvalue weighted by molar-refractivity contribution is -0.0465. The Morgan fingerprint density at radius 2 is 2.17 bits per heavy atom. The Balaban J connectivity index is 1.35. The van der Waals surface area contributed by atoms with E-state index in [-0.39, 0.29) is 29.9 Å². The number of aliphatic hydroxyl groups excluding tert-OH is 2. The molecule has 3 aliphatic heterocycles. The zero-order valence-corrected chi connectivity index (χ0v) is 20.9. The number of nitrogens with two attached hydrogens (primary N) is 1. The van der Waals surface area contributed by atoms with Gasteiger partial charge in [0.15, 0.2) is 0 Å². The highest BCUT2D eigenvalue weighted by Gasteiger charge is 2.43. The second-order valence-corrected chi connectivity index (χ2v) is 11.2. The van der Waals surface area contributed by atoms with Crippen molar-refractivity contribution in [2.45, 2.75) is 54.9 Å². The normalized spacial score (nSPS) is 32.1. The molecule has 0 aliphatic carbocycles. The number of guanidine groups is 1. The molecule has 1 unspecified atom stereocenters. The summed E-state index contributed by atoms with van der Waals surface area (Å²) in [7, 11) is -4.65. The van der Waals surface area contributed by atoms with Crippen molar-refractivity contribution >= 4 is 31.9 Å². The molecule has 0 saturated carbocycles. The van der Waals surface area contributed by atoms with E-state index in [1.807, 2.05) is 0 Å². The minimum Gasteiger partial charge on any atom is -0.394 e. The van der Waals surface area contributed by atoms with Gasteiger partial charge in [-0.3, -0.25) is 23.4 Å². The predicted octanol–water partition coefficient (Wildman–Crippen LogP) is -1.05. The average molecular weight is 546 g/mol. The molecule has 6 N–H and O–H groups in total. The van der Waals surface area contributed by atoms with Crippen molar-refractivity contribution in [3.05, 3.63) is 45.0 Å². The number of aryl methyl sites for hydroxylation is 1. The Morgan fingerprint density at radius 3 is 2.86 bits per heavy atom. The summed E-state index contributed by atoms with van der Waals surface area (Å²) >= 11 is 1.29. The van der Waals surface area contributed by atoms with E-state index < -0.39 is 55.5 Å². The summed E-state index contributed by atoms with van der Waals surface area (Å²) in [5.74, 6) is 0.422. The van der Waals surface area contributed by atoms with Gasteiger partial charge in [0.1, 0.15) is 30.6 Å². The van der Waals surface area contributed by atoms with Crippen LogP contribution in [-0.2, 0) is 18.3 Å². The number of rotatable bonds is 8. The van der Waals surface area contributed by atoms with Crippen molar-refractivity contribution in [2.24, 2.45) is 15.7 Å². The van der Waals surface area contributed by atoms with Crippen molar-refractivity contribution in [1.82, 2.24) is 14.5 Å². The molecule has 0 radical (unpaired) electrons. The van der Waals surface area contributed by atoms with Crippen molar-refractivity contribution in [1.29, 1.82) is 0 Å². The van der Waals surface area contributed by atoms with Crippen molar-refractivity contribution in [3.8, 4) is 0 Å². The first-order valence-corrected chi connectivity index (χ1v) is 13.3. The molecule has 1 aromatic heterocycles. The maximum Gasteiger partial charge on any atom is 0.472 e. The van der Waals surface area contributed by atoms with Gasteiger partial charge in [0.05, 0.1) is 29.9 Å². The summed E-state index contributed by atoms with van der Waals surface area (Å²) in [6, 6.07) is 0. The van der Waals surface area contributed by atoms with Crippen LogP contribution >= 0.6 is 19.6 Å². The number of aliphatic hydroxyl groups is 2. The maximum atomic E-state index is 12.7. The van der Waals surface area contributed by atoms with Crippen molar-refractivity contribution in [3.63, 3.8) is 0 Å². The Morgan fingerprint density at radius 1 is 1.42 bits per heavy atom. The van der Waals surface area contributed by atoms with Gasteiger partial charge in [0.25, 0.3) is 5.56 Å². The van der Waals surface area contributed by atoms with Crippen LogP contribution in [0, 0.1) is 6.92 Å². The molecule has 15 nitrogen and oxygen atoms in total. The van der Waals surface area contributed by atoms with Crippen LogP contribution in [0.5, 0.6) is 0 Å². The standard InChI is InChI=1S/C19H27N6O9PS/c1-9-5-24(19(29)23-17(9)28)15-4-12(13(6-26)33-15)34-35(30,31)32-7-14-11(27)3-16(36-14)25-8-21-18(20)22-10(25)2/h5,8,11-16,26-27H,2-4,6-7H2,1H3,(H2,20,22)(H,30,31)(H,23,28,29)/t11-,12-,13-,14-,15-,16-/m1/s1. The lowest BCUT2D eigenvalue weighted by atomic mass is 10.2. The quantitative estimate of drug-likeness (QED) is 0.247. The van der Waals surface area contributed by atoms with E-state index in [1.165, 1.54) is 31.2 Å². The van der Waals surface area contributed by atoms with Crippen LogP contribution in [0.2, 0.25) is 0 Å². The monoisotopic (exact) mass is 546 g/mol. The van der Waals surface area contributed by atoms with E-state index in [0.29, 0.717) is 12.2 Å². The Bertz CT molecular complexity index is 1230. The van der Waals surface area contributed by atoms with Gasteiger partial charge in [-0.2, -0.15) is 4.99 Å². The van der Waals surface area contributed by atoms with Gasteiger partial charge in [-0.15, -0.1) is 11.8 Å². The number of nitrogens with zero attached hydrogens (tertiary/aromatic N) is 4. The molecular weight excluding hydrogens is 519 g/mol. The van der Waals surface area contributed by atoms with Crippen LogP contribution in [0.1, 0.15) is 24.6 Å². The molecule has 7 atom stereocenters. The van der Waals surface area contributed by atoms with Gasteiger partial charge in [-0.25, -0.2) is 14.4 Å². The molecule has 0 aromatic carbocycles. The summed E-state index contributed by atoms with van der Waals surface area (Å²) in [5, 5.41) is 19.2. The Kier molecular flexibility index (Phi) is 7.87. The highest BCUT2D eigenvalue weighted by Crippen LogP contribution is 2.49. The van der Waals surface area contributed by atoms with E-state index in [4.69, 9.17) is 19.5 Å². The smallest absolute Gasteiger partial charge is 0.394 e. The van der Waals surface area contributed by atoms with Crippen LogP contribution in [0.4, 0.5) is 0 Å². The number of ether oxygens (including phenoxy) is 1. The van der Waals surface area contributed by atoms with Crippen LogP contribution in [0.15, 0.2) is 38.2 Å².